The molecule has 1 fully saturated rings. The highest BCUT2D eigenvalue weighted by Crippen LogP contribution is 2.32. The molecule has 0 aliphatic heterocycles. The van der Waals surface area contributed by atoms with Crippen molar-refractivity contribution in [3.8, 4) is 0 Å². The van der Waals surface area contributed by atoms with Gasteiger partial charge in [-0.15, -0.1) is 5.10 Å². The largest absolute Gasteiger partial charge is 0.347 e. The Bertz CT molecular complexity index is 400. The zero-order chi connectivity index (χ0) is 12.4. The second-order valence-corrected chi connectivity index (χ2v) is 5.55. The van der Waals surface area contributed by atoms with Gasteiger partial charge in [-0.25, -0.2) is 0 Å². The molecule has 0 spiro atoms. The molecule has 1 aliphatic rings. The number of hydrogen-bond donors (Lipinski definition) is 2. The average molecular weight is 254 g/mol. The SMILES string of the molecule is CC(C)c1nnsc1C(=O)NC(CN)C1CC1. The summed E-state index contributed by atoms with van der Waals surface area (Å²) in [5.41, 5.74) is 6.45. The van der Waals surface area contributed by atoms with Crippen LogP contribution in [0.25, 0.3) is 0 Å². The van der Waals surface area contributed by atoms with E-state index in [9.17, 15) is 4.79 Å². The summed E-state index contributed by atoms with van der Waals surface area (Å²) >= 11 is 1.16. The van der Waals surface area contributed by atoms with Crippen molar-refractivity contribution in [2.75, 3.05) is 6.54 Å². The smallest absolute Gasteiger partial charge is 0.265 e. The van der Waals surface area contributed by atoms with Crippen molar-refractivity contribution in [1.29, 1.82) is 0 Å². The number of amides is 1. The second-order valence-electron chi connectivity index (χ2n) is 4.80. The Balaban J connectivity index is 2.05. The molecular weight excluding hydrogens is 236 g/mol. The van der Waals surface area contributed by atoms with Gasteiger partial charge in [-0.2, -0.15) is 0 Å². The molecule has 1 aromatic rings. The summed E-state index contributed by atoms with van der Waals surface area (Å²) in [6.07, 6.45) is 2.33. The minimum Gasteiger partial charge on any atom is -0.347 e. The van der Waals surface area contributed by atoms with Gasteiger partial charge in [-0.1, -0.05) is 18.3 Å². The van der Waals surface area contributed by atoms with Crippen molar-refractivity contribution < 1.29 is 4.79 Å². The molecule has 1 saturated carbocycles. The summed E-state index contributed by atoms with van der Waals surface area (Å²) in [6, 6.07) is 0.101. The summed E-state index contributed by atoms with van der Waals surface area (Å²) in [4.78, 5) is 12.7. The van der Waals surface area contributed by atoms with Crippen LogP contribution in [0, 0.1) is 5.92 Å². The van der Waals surface area contributed by atoms with Crippen LogP contribution in [0.3, 0.4) is 0 Å². The summed E-state index contributed by atoms with van der Waals surface area (Å²) < 4.78 is 3.86. The molecule has 0 aromatic carbocycles. The fourth-order valence-electron chi connectivity index (χ4n) is 1.83. The zero-order valence-corrected chi connectivity index (χ0v) is 11.0. The first kappa shape index (κ1) is 12.4. The maximum Gasteiger partial charge on any atom is 0.265 e. The molecule has 3 N–H and O–H groups in total. The number of nitrogens with two attached hydrogens (primary N) is 1. The zero-order valence-electron chi connectivity index (χ0n) is 10.1. The minimum atomic E-state index is -0.0777. The Morgan fingerprint density at radius 3 is 2.82 bits per heavy atom. The van der Waals surface area contributed by atoms with E-state index in [0.717, 1.165) is 17.2 Å². The van der Waals surface area contributed by atoms with E-state index < -0.39 is 0 Å². The predicted octanol–water partition coefficient (Wildman–Crippen LogP) is 1.13. The van der Waals surface area contributed by atoms with Gasteiger partial charge in [0.25, 0.3) is 5.91 Å². The van der Waals surface area contributed by atoms with Gasteiger partial charge in [0.05, 0.1) is 5.69 Å². The molecule has 5 nitrogen and oxygen atoms in total. The summed E-state index contributed by atoms with van der Waals surface area (Å²) in [6.45, 7) is 4.52. The van der Waals surface area contributed by atoms with Crippen LogP contribution < -0.4 is 11.1 Å². The molecule has 1 atom stereocenters. The quantitative estimate of drug-likeness (QED) is 0.825. The van der Waals surface area contributed by atoms with E-state index in [1.54, 1.807) is 0 Å². The van der Waals surface area contributed by atoms with Crippen LogP contribution in [0.5, 0.6) is 0 Å². The number of aromatic nitrogens is 2. The first-order valence-electron chi connectivity index (χ1n) is 5.96. The van der Waals surface area contributed by atoms with E-state index in [1.165, 1.54) is 12.8 Å². The number of nitrogens with zero attached hydrogens (tertiary/aromatic N) is 2. The first-order chi connectivity index (χ1) is 8.13. The second kappa shape index (κ2) is 5.10. The predicted molar refractivity (Wildman–Crippen MR) is 67.0 cm³/mol. The van der Waals surface area contributed by atoms with E-state index >= 15 is 0 Å². The van der Waals surface area contributed by atoms with Crippen LogP contribution in [-0.4, -0.2) is 28.1 Å². The normalized spacial score (nSPS) is 17.2. The Morgan fingerprint density at radius 2 is 2.29 bits per heavy atom. The number of carbonyl (C=O) groups excluding carboxylic acids is 1. The van der Waals surface area contributed by atoms with Crippen LogP contribution >= 0.6 is 11.5 Å². The highest BCUT2D eigenvalue weighted by molar-refractivity contribution is 7.08. The third kappa shape index (κ3) is 2.81. The highest BCUT2D eigenvalue weighted by atomic mass is 32.1. The molecule has 94 valence electrons. The third-order valence-electron chi connectivity index (χ3n) is 3.03. The molecule has 1 unspecified atom stereocenters. The molecule has 0 bridgehead atoms. The van der Waals surface area contributed by atoms with Gasteiger partial charge in [-0.05, 0) is 36.2 Å². The van der Waals surface area contributed by atoms with Gasteiger partial charge in [0.2, 0.25) is 0 Å². The number of hydrogen-bond acceptors (Lipinski definition) is 5. The Labute approximate surface area is 105 Å². The number of rotatable bonds is 5. The van der Waals surface area contributed by atoms with E-state index in [2.05, 4.69) is 14.9 Å². The van der Waals surface area contributed by atoms with E-state index in [-0.39, 0.29) is 17.9 Å². The molecule has 1 amide bonds. The Kier molecular flexibility index (Phi) is 3.73. The molecule has 1 aromatic heterocycles. The molecule has 2 rings (SSSR count). The summed E-state index contributed by atoms with van der Waals surface area (Å²) in [5.74, 6) is 0.699. The highest BCUT2D eigenvalue weighted by Gasteiger charge is 2.32. The molecule has 0 saturated heterocycles. The third-order valence-corrected chi connectivity index (χ3v) is 3.77. The van der Waals surface area contributed by atoms with E-state index in [1.807, 2.05) is 13.8 Å². The Morgan fingerprint density at radius 1 is 1.59 bits per heavy atom. The number of nitrogens with one attached hydrogen (secondary N) is 1. The van der Waals surface area contributed by atoms with Gasteiger partial charge in [0.15, 0.2) is 0 Å². The van der Waals surface area contributed by atoms with Crippen molar-refractivity contribution in [2.45, 2.75) is 38.6 Å². The van der Waals surface area contributed by atoms with Crippen molar-refractivity contribution in [1.82, 2.24) is 14.9 Å². The van der Waals surface area contributed by atoms with Crippen LogP contribution in [0.4, 0.5) is 0 Å². The lowest BCUT2D eigenvalue weighted by molar-refractivity contribution is 0.0936. The Hall–Kier alpha value is -1.01. The van der Waals surface area contributed by atoms with Crippen LogP contribution in [0.1, 0.15) is 48.0 Å². The van der Waals surface area contributed by atoms with Crippen molar-refractivity contribution in [3.63, 3.8) is 0 Å². The monoisotopic (exact) mass is 254 g/mol. The maximum atomic E-state index is 12.1. The van der Waals surface area contributed by atoms with Crippen molar-refractivity contribution in [3.05, 3.63) is 10.6 Å². The topological polar surface area (TPSA) is 80.9 Å². The van der Waals surface area contributed by atoms with Gasteiger partial charge in [-0.3, -0.25) is 4.79 Å². The standard InChI is InChI=1S/C11H18N4OS/c1-6(2)9-10(17-15-14-9)11(16)13-8(5-12)7-3-4-7/h6-8H,3-5,12H2,1-2H3,(H,13,16). The van der Waals surface area contributed by atoms with Gasteiger partial charge >= 0.3 is 0 Å². The van der Waals surface area contributed by atoms with Crippen molar-refractivity contribution >= 4 is 17.4 Å². The van der Waals surface area contributed by atoms with Crippen LogP contribution in [0.15, 0.2) is 0 Å². The fraction of sp³-hybridized carbons (Fsp3) is 0.727. The van der Waals surface area contributed by atoms with Gasteiger partial charge in [0, 0.05) is 12.6 Å². The lowest BCUT2D eigenvalue weighted by Crippen LogP contribution is -2.41. The molecule has 6 heteroatoms. The first-order valence-corrected chi connectivity index (χ1v) is 6.74. The maximum absolute atomic E-state index is 12.1. The lowest BCUT2D eigenvalue weighted by Gasteiger charge is -2.15. The van der Waals surface area contributed by atoms with E-state index in [0.29, 0.717) is 17.3 Å². The molecule has 0 radical (unpaired) electrons. The van der Waals surface area contributed by atoms with Gasteiger partial charge < -0.3 is 11.1 Å². The number of carbonyl (C=O) groups is 1. The average Bonchev–Trinajstić information content (AvgIpc) is 3.00. The lowest BCUT2D eigenvalue weighted by atomic mass is 10.1. The molecule has 1 heterocycles. The molecule has 17 heavy (non-hydrogen) atoms. The van der Waals surface area contributed by atoms with Gasteiger partial charge in [0.1, 0.15) is 4.88 Å². The van der Waals surface area contributed by atoms with Crippen LogP contribution in [-0.2, 0) is 0 Å². The summed E-state index contributed by atoms with van der Waals surface area (Å²) in [7, 11) is 0. The minimum absolute atomic E-state index is 0.0777. The van der Waals surface area contributed by atoms with E-state index in [4.69, 9.17) is 5.73 Å². The summed E-state index contributed by atoms with van der Waals surface area (Å²) in [5, 5.41) is 7.00. The fourth-order valence-corrected chi connectivity index (χ4v) is 2.56. The molecule has 1 aliphatic carbocycles. The molecular formula is C11H18N4OS. The van der Waals surface area contributed by atoms with Crippen LogP contribution in [0.2, 0.25) is 0 Å². The van der Waals surface area contributed by atoms with Crippen molar-refractivity contribution in [2.24, 2.45) is 11.7 Å².